The topological polar surface area (TPSA) is 15.3 Å². The number of benzene rings is 1. The molecule has 21 heavy (non-hydrogen) atoms. The molecule has 1 aliphatic heterocycles. The summed E-state index contributed by atoms with van der Waals surface area (Å²) in [5, 5.41) is 2.98. The molecule has 1 aromatic rings. The van der Waals surface area contributed by atoms with Crippen molar-refractivity contribution in [1.82, 2.24) is 4.90 Å². The van der Waals surface area contributed by atoms with Gasteiger partial charge in [0, 0.05) is 25.7 Å². The van der Waals surface area contributed by atoms with Crippen molar-refractivity contribution in [2.24, 2.45) is 0 Å². The second-order valence-electron chi connectivity index (χ2n) is 5.72. The Kier molecular flexibility index (Phi) is 5.28. The summed E-state index contributed by atoms with van der Waals surface area (Å²) in [6, 6.07) is 2.29. The fraction of sp³-hybridized carbons (Fsp3) is 0.500. The van der Waals surface area contributed by atoms with Gasteiger partial charge in [-0.1, -0.05) is 11.6 Å². The number of likely N-dealkylation sites (tertiary alicyclic amines) is 1. The molecule has 0 amide bonds. The van der Waals surface area contributed by atoms with Crippen LogP contribution in [0.15, 0.2) is 23.8 Å². The van der Waals surface area contributed by atoms with Crippen molar-refractivity contribution in [3.8, 4) is 0 Å². The van der Waals surface area contributed by atoms with Crippen LogP contribution in [0.25, 0.3) is 0 Å². The van der Waals surface area contributed by atoms with Gasteiger partial charge in [-0.2, -0.15) is 0 Å². The lowest BCUT2D eigenvalue weighted by molar-refractivity contribution is 0.239. The van der Waals surface area contributed by atoms with E-state index >= 15 is 0 Å². The van der Waals surface area contributed by atoms with E-state index in [9.17, 15) is 13.2 Å². The van der Waals surface area contributed by atoms with Gasteiger partial charge in [0.2, 0.25) is 0 Å². The van der Waals surface area contributed by atoms with E-state index in [-0.39, 0.29) is 11.7 Å². The molecular formula is C16H21F3N2. The smallest absolute Gasteiger partial charge is 0.196 e. The number of rotatable bonds is 4. The van der Waals surface area contributed by atoms with Crippen LogP contribution >= 0.6 is 0 Å². The van der Waals surface area contributed by atoms with Crippen LogP contribution in [0.5, 0.6) is 0 Å². The van der Waals surface area contributed by atoms with Gasteiger partial charge < -0.3 is 5.32 Å². The molecule has 0 saturated carbocycles. The summed E-state index contributed by atoms with van der Waals surface area (Å²) < 4.78 is 39.7. The van der Waals surface area contributed by atoms with Crippen LogP contribution in [0, 0.1) is 17.5 Å². The van der Waals surface area contributed by atoms with Gasteiger partial charge >= 0.3 is 0 Å². The standard InChI is InChI=1S/C16H21F3N2/c1-11(2)5-8-21-9-6-12(7-10-21)20-14-4-3-13(17)15(18)16(14)19/h3-5,12,20H,6-10H2,1-2H3. The summed E-state index contributed by atoms with van der Waals surface area (Å²) in [4.78, 5) is 2.33. The van der Waals surface area contributed by atoms with E-state index in [1.54, 1.807) is 0 Å². The minimum Gasteiger partial charge on any atom is -0.380 e. The zero-order chi connectivity index (χ0) is 15.4. The lowest BCUT2D eigenvalue weighted by Gasteiger charge is -2.32. The number of hydrogen-bond donors (Lipinski definition) is 1. The number of hydrogen-bond acceptors (Lipinski definition) is 2. The normalized spacial score (nSPS) is 16.8. The molecule has 0 spiro atoms. The van der Waals surface area contributed by atoms with Crippen molar-refractivity contribution < 1.29 is 13.2 Å². The number of anilines is 1. The third-order valence-electron chi connectivity index (χ3n) is 3.74. The minimum atomic E-state index is -1.42. The van der Waals surface area contributed by atoms with Gasteiger partial charge in [0.1, 0.15) is 0 Å². The second-order valence-corrected chi connectivity index (χ2v) is 5.72. The van der Waals surface area contributed by atoms with Gasteiger partial charge in [0.05, 0.1) is 5.69 Å². The number of allylic oxidation sites excluding steroid dienone is 1. The Bertz CT molecular complexity index is 516. The first-order valence-corrected chi connectivity index (χ1v) is 7.23. The second kappa shape index (κ2) is 6.98. The molecule has 1 fully saturated rings. The third kappa shape index (κ3) is 4.24. The van der Waals surface area contributed by atoms with Gasteiger partial charge in [-0.3, -0.25) is 4.90 Å². The molecule has 1 heterocycles. The van der Waals surface area contributed by atoms with E-state index < -0.39 is 17.5 Å². The predicted octanol–water partition coefficient (Wildman–Crippen LogP) is 3.95. The van der Waals surface area contributed by atoms with Gasteiger partial charge in [-0.15, -0.1) is 0 Å². The highest BCUT2D eigenvalue weighted by Crippen LogP contribution is 2.23. The summed E-state index contributed by atoms with van der Waals surface area (Å²) in [6.45, 7) is 6.88. The minimum absolute atomic E-state index is 0.0386. The monoisotopic (exact) mass is 298 g/mol. The van der Waals surface area contributed by atoms with Gasteiger partial charge in [-0.25, -0.2) is 13.2 Å². The SMILES string of the molecule is CC(C)=CCN1CCC(Nc2ccc(F)c(F)c2F)CC1. The molecule has 0 atom stereocenters. The van der Waals surface area contributed by atoms with Crippen molar-refractivity contribution in [3.05, 3.63) is 41.2 Å². The van der Waals surface area contributed by atoms with Crippen LogP contribution in [0.4, 0.5) is 18.9 Å². The quantitative estimate of drug-likeness (QED) is 0.669. The molecule has 1 saturated heterocycles. The summed E-state index contributed by atoms with van der Waals surface area (Å²) in [5.41, 5.74) is 1.33. The maximum Gasteiger partial charge on any atom is 0.196 e. The highest BCUT2D eigenvalue weighted by atomic mass is 19.2. The Morgan fingerprint density at radius 1 is 1.19 bits per heavy atom. The average Bonchev–Trinajstić information content (AvgIpc) is 2.47. The summed E-state index contributed by atoms with van der Waals surface area (Å²) >= 11 is 0. The zero-order valence-electron chi connectivity index (χ0n) is 12.4. The number of nitrogens with one attached hydrogen (secondary N) is 1. The summed E-state index contributed by atoms with van der Waals surface area (Å²) in [6.07, 6.45) is 3.90. The fourth-order valence-electron chi connectivity index (χ4n) is 2.43. The van der Waals surface area contributed by atoms with Gasteiger partial charge in [0.15, 0.2) is 17.5 Å². The van der Waals surface area contributed by atoms with Crippen LogP contribution in [-0.2, 0) is 0 Å². The maximum atomic E-state index is 13.6. The molecule has 2 nitrogen and oxygen atoms in total. The lowest BCUT2D eigenvalue weighted by Crippen LogP contribution is -2.39. The van der Waals surface area contributed by atoms with Crippen molar-refractivity contribution >= 4 is 5.69 Å². The molecule has 1 aromatic carbocycles. The lowest BCUT2D eigenvalue weighted by atomic mass is 10.0. The highest BCUT2D eigenvalue weighted by molar-refractivity contribution is 5.46. The van der Waals surface area contributed by atoms with Gasteiger partial charge in [0.25, 0.3) is 0 Å². The molecule has 1 N–H and O–H groups in total. The molecule has 0 bridgehead atoms. The fourth-order valence-corrected chi connectivity index (χ4v) is 2.43. The molecule has 5 heteroatoms. The molecule has 0 radical (unpaired) electrons. The first kappa shape index (κ1) is 15.9. The van der Waals surface area contributed by atoms with Crippen molar-refractivity contribution in [2.75, 3.05) is 25.0 Å². The van der Waals surface area contributed by atoms with E-state index in [0.29, 0.717) is 0 Å². The van der Waals surface area contributed by atoms with Crippen molar-refractivity contribution in [2.45, 2.75) is 32.7 Å². The highest BCUT2D eigenvalue weighted by Gasteiger charge is 2.21. The van der Waals surface area contributed by atoms with E-state index in [0.717, 1.165) is 38.5 Å². The first-order chi connectivity index (χ1) is 9.97. The molecule has 116 valence electrons. The Morgan fingerprint density at radius 2 is 1.86 bits per heavy atom. The molecule has 2 rings (SSSR count). The van der Waals surface area contributed by atoms with Crippen molar-refractivity contribution in [1.29, 1.82) is 0 Å². The number of nitrogens with zero attached hydrogens (tertiary/aromatic N) is 1. The maximum absolute atomic E-state index is 13.6. The Morgan fingerprint density at radius 3 is 2.48 bits per heavy atom. The predicted molar refractivity (Wildman–Crippen MR) is 78.8 cm³/mol. The number of halogens is 3. The molecule has 1 aliphatic rings. The molecular weight excluding hydrogens is 277 g/mol. The van der Waals surface area contributed by atoms with E-state index in [1.807, 2.05) is 0 Å². The van der Waals surface area contributed by atoms with Crippen LogP contribution in [0.2, 0.25) is 0 Å². The van der Waals surface area contributed by atoms with Crippen LogP contribution < -0.4 is 5.32 Å². The molecule has 0 aromatic heterocycles. The van der Waals surface area contributed by atoms with Gasteiger partial charge in [-0.05, 0) is 38.8 Å². The largest absolute Gasteiger partial charge is 0.380 e. The first-order valence-electron chi connectivity index (χ1n) is 7.23. The Hall–Kier alpha value is -1.49. The summed E-state index contributed by atoms with van der Waals surface area (Å²) in [7, 11) is 0. The van der Waals surface area contributed by atoms with Crippen molar-refractivity contribution in [3.63, 3.8) is 0 Å². The van der Waals surface area contributed by atoms with Crippen LogP contribution in [0.1, 0.15) is 26.7 Å². The number of piperidine rings is 1. The van der Waals surface area contributed by atoms with Crippen LogP contribution in [-0.4, -0.2) is 30.6 Å². The molecule has 0 aliphatic carbocycles. The summed E-state index contributed by atoms with van der Waals surface area (Å²) in [5.74, 6) is -3.71. The van der Waals surface area contributed by atoms with E-state index in [1.165, 1.54) is 11.6 Å². The molecule has 0 unspecified atom stereocenters. The Balaban J connectivity index is 1.89. The zero-order valence-corrected chi connectivity index (χ0v) is 12.4. The van der Waals surface area contributed by atoms with E-state index in [4.69, 9.17) is 0 Å². The van der Waals surface area contributed by atoms with E-state index in [2.05, 4.69) is 30.1 Å². The average molecular weight is 298 g/mol. The Labute approximate surface area is 123 Å². The van der Waals surface area contributed by atoms with Crippen LogP contribution in [0.3, 0.4) is 0 Å². The third-order valence-corrected chi connectivity index (χ3v) is 3.74.